The van der Waals surface area contributed by atoms with E-state index in [2.05, 4.69) is 12.6 Å². The van der Waals surface area contributed by atoms with E-state index in [4.69, 9.17) is 16.3 Å². The first kappa shape index (κ1) is 24.0. The summed E-state index contributed by atoms with van der Waals surface area (Å²) in [5, 5.41) is -0.151. The van der Waals surface area contributed by atoms with Gasteiger partial charge in [0.2, 0.25) is 5.91 Å². The van der Waals surface area contributed by atoms with Crippen molar-refractivity contribution in [1.29, 1.82) is 0 Å². The molecule has 0 saturated carbocycles. The van der Waals surface area contributed by atoms with Crippen LogP contribution in [0.4, 0.5) is 0 Å². The largest absolute Gasteiger partial charge is 0.457 e. The highest BCUT2D eigenvalue weighted by Gasteiger charge is 2.36. The molecular formula is C23H28ClNO4S2. The van der Waals surface area contributed by atoms with Crippen molar-refractivity contribution in [1.82, 2.24) is 4.90 Å². The van der Waals surface area contributed by atoms with Gasteiger partial charge in [0.15, 0.2) is 9.84 Å². The number of rotatable bonds is 10. The average Bonchev–Trinajstić information content (AvgIpc) is 3.12. The summed E-state index contributed by atoms with van der Waals surface area (Å²) in [7, 11) is -3.50. The van der Waals surface area contributed by atoms with E-state index in [1.807, 2.05) is 30.3 Å². The molecule has 0 bridgehead atoms. The van der Waals surface area contributed by atoms with E-state index in [1.165, 1.54) is 0 Å². The molecule has 0 radical (unpaired) electrons. The Morgan fingerprint density at radius 2 is 1.68 bits per heavy atom. The maximum Gasteiger partial charge on any atom is 0.222 e. The molecule has 0 aromatic heterocycles. The maximum atomic E-state index is 12.9. The van der Waals surface area contributed by atoms with E-state index in [-0.39, 0.29) is 27.7 Å². The molecule has 2 atom stereocenters. The Balaban J connectivity index is 1.56. The molecule has 0 aliphatic carbocycles. The first-order valence-electron chi connectivity index (χ1n) is 10.5. The number of nitrogens with zero attached hydrogens (tertiary/aromatic N) is 1. The van der Waals surface area contributed by atoms with Crippen LogP contribution >= 0.6 is 24.2 Å². The number of likely N-dealkylation sites (tertiary alicyclic amines) is 1. The van der Waals surface area contributed by atoms with Crippen LogP contribution in [0.5, 0.6) is 11.5 Å². The fourth-order valence-corrected chi connectivity index (χ4v) is 6.02. The van der Waals surface area contributed by atoms with E-state index in [0.29, 0.717) is 36.9 Å². The number of amides is 1. The van der Waals surface area contributed by atoms with E-state index in [0.717, 1.165) is 19.3 Å². The topological polar surface area (TPSA) is 63.7 Å². The molecule has 1 aliphatic rings. The van der Waals surface area contributed by atoms with Crippen LogP contribution in [0.1, 0.15) is 25.7 Å². The zero-order valence-corrected chi connectivity index (χ0v) is 19.8. The number of alkyl halides is 1. The molecule has 5 nitrogen and oxygen atoms in total. The molecule has 1 saturated heterocycles. The number of benzene rings is 2. The number of hydrogen-bond acceptors (Lipinski definition) is 5. The van der Waals surface area contributed by atoms with Gasteiger partial charge in [0.05, 0.1) is 10.6 Å². The lowest BCUT2D eigenvalue weighted by atomic mass is 10.1. The SMILES string of the molecule is O=C(CCCCCCl)N1C[C@H](CS(=O)(=O)c2ccc(Oc3ccccc3)cc2)[C@@H](S)C1. The third kappa shape index (κ3) is 6.89. The minimum Gasteiger partial charge on any atom is -0.457 e. The summed E-state index contributed by atoms with van der Waals surface area (Å²) in [6.45, 7) is 0.915. The van der Waals surface area contributed by atoms with Crippen molar-refractivity contribution >= 4 is 40.0 Å². The second-order valence-electron chi connectivity index (χ2n) is 7.79. The van der Waals surface area contributed by atoms with E-state index in [1.54, 1.807) is 29.2 Å². The Morgan fingerprint density at radius 3 is 2.35 bits per heavy atom. The quantitative estimate of drug-likeness (QED) is 0.300. The maximum absolute atomic E-state index is 12.9. The molecule has 2 aromatic carbocycles. The van der Waals surface area contributed by atoms with Crippen molar-refractivity contribution in [2.24, 2.45) is 5.92 Å². The molecule has 1 heterocycles. The van der Waals surface area contributed by atoms with Crippen molar-refractivity contribution in [3.63, 3.8) is 0 Å². The predicted octanol–water partition coefficient (Wildman–Crippen LogP) is 4.81. The van der Waals surface area contributed by atoms with Crippen LogP contribution in [0.2, 0.25) is 0 Å². The Labute approximate surface area is 195 Å². The van der Waals surface area contributed by atoms with Gasteiger partial charge in [-0.15, -0.1) is 11.6 Å². The fraction of sp³-hybridized carbons (Fsp3) is 0.435. The molecule has 1 amide bonds. The highest BCUT2D eigenvalue weighted by Crippen LogP contribution is 2.28. The second-order valence-corrected chi connectivity index (χ2v) is 10.9. The van der Waals surface area contributed by atoms with Crippen LogP contribution in [0.25, 0.3) is 0 Å². The zero-order valence-electron chi connectivity index (χ0n) is 17.3. The first-order chi connectivity index (χ1) is 14.9. The molecule has 8 heteroatoms. The normalized spacial score (nSPS) is 18.8. The van der Waals surface area contributed by atoms with Crippen LogP contribution in [-0.4, -0.2) is 49.2 Å². The molecule has 168 valence electrons. The predicted molar refractivity (Wildman–Crippen MR) is 127 cm³/mol. The Bertz CT molecular complexity index is 951. The van der Waals surface area contributed by atoms with Crippen LogP contribution in [0.15, 0.2) is 59.5 Å². The molecule has 3 rings (SSSR count). The Kier molecular flexibility index (Phi) is 8.69. The molecular weight excluding hydrogens is 454 g/mol. The third-order valence-corrected chi connectivity index (χ3v) is 8.09. The zero-order chi connectivity index (χ0) is 22.3. The van der Waals surface area contributed by atoms with Gasteiger partial charge in [0.1, 0.15) is 11.5 Å². The summed E-state index contributed by atoms with van der Waals surface area (Å²) in [6.07, 6.45) is 3.11. The number of hydrogen-bond donors (Lipinski definition) is 1. The van der Waals surface area contributed by atoms with Gasteiger partial charge < -0.3 is 9.64 Å². The van der Waals surface area contributed by atoms with Crippen molar-refractivity contribution in [3.05, 3.63) is 54.6 Å². The molecule has 0 spiro atoms. The number of halogens is 1. The van der Waals surface area contributed by atoms with Crippen molar-refractivity contribution in [2.75, 3.05) is 24.7 Å². The number of sulfone groups is 1. The molecule has 1 fully saturated rings. The summed E-state index contributed by atoms with van der Waals surface area (Å²) in [6, 6.07) is 15.8. The second kappa shape index (κ2) is 11.2. The van der Waals surface area contributed by atoms with Gasteiger partial charge in [-0.1, -0.05) is 24.6 Å². The van der Waals surface area contributed by atoms with Crippen LogP contribution in [0, 0.1) is 5.92 Å². The minimum absolute atomic E-state index is 0.0317. The minimum atomic E-state index is -3.50. The summed E-state index contributed by atoms with van der Waals surface area (Å²) >= 11 is 10.2. The van der Waals surface area contributed by atoms with E-state index in [9.17, 15) is 13.2 Å². The molecule has 31 heavy (non-hydrogen) atoms. The number of carbonyl (C=O) groups is 1. The van der Waals surface area contributed by atoms with Crippen molar-refractivity contribution in [2.45, 2.75) is 35.8 Å². The number of para-hydroxylation sites is 1. The van der Waals surface area contributed by atoms with Gasteiger partial charge in [0.25, 0.3) is 0 Å². The van der Waals surface area contributed by atoms with Gasteiger partial charge in [0, 0.05) is 36.6 Å². The number of unbranched alkanes of at least 4 members (excludes halogenated alkanes) is 2. The third-order valence-electron chi connectivity index (χ3n) is 5.38. The van der Waals surface area contributed by atoms with Crippen LogP contribution in [0.3, 0.4) is 0 Å². The monoisotopic (exact) mass is 481 g/mol. The smallest absolute Gasteiger partial charge is 0.222 e. The number of thiol groups is 1. The van der Waals surface area contributed by atoms with Crippen molar-refractivity contribution < 1.29 is 17.9 Å². The first-order valence-corrected chi connectivity index (χ1v) is 13.2. The van der Waals surface area contributed by atoms with Gasteiger partial charge in [-0.2, -0.15) is 12.6 Å². The fourth-order valence-electron chi connectivity index (χ4n) is 3.64. The van der Waals surface area contributed by atoms with Gasteiger partial charge in [-0.05, 0) is 49.2 Å². The van der Waals surface area contributed by atoms with Crippen LogP contribution in [-0.2, 0) is 14.6 Å². The van der Waals surface area contributed by atoms with Crippen molar-refractivity contribution in [3.8, 4) is 11.5 Å². The van der Waals surface area contributed by atoms with Gasteiger partial charge >= 0.3 is 0 Å². The highest BCUT2D eigenvalue weighted by atomic mass is 35.5. The number of ether oxygens (including phenoxy) is 1. The lowest BCUT2D eigenvalue weighted by Crippen LogP contribution is -2.29. The molecule has 1 aliphatic heterocycles. The molecule has 0 unspecified atom stereocenters. The van der Waals surface area contributed by atoms with E-state index >= 15 is 0 Å². The molecule has 2 aromatic rings. The van der Waals surface area contributed by atoms with Gasteiger partial charge in [-0.3, -0.25) is 4.79 Å². The van der Waals surface area contributed by atoms with E-state index < -0.39 is 9.84 Å². The lowest BCUT2D eigenvalue weighted by molar-refractivity contribution is -0.130. The molecule has 0 N–H and O–H groups in total. The highest BCUT2D eigenvalue weighted by molar-refractivity contribution is 7.91. The Hall–Kier alpha value is -1.70. The summed E-state index contributed by atoms with van der Waals surface area (Å²) < 4.78 is 31.6. The van der Waals surface area contributed by atoms with Crippen LogP contribution < -0.4 is 4.74 Å². The van der Waals surface area contributed by atoms with Gasteiger partial charge in [-0.25, -0.2) is 8.42 Å². The number of carbonyl (C=O) groups excluding carboxylic acids is 1. The summed E-state index contributed by atoms with van der Waals surface area (Å²) in [5.41, 5.74) is 0. The Morgan fingerprint density at radius 1 is 1.00 bits per heavy atom. The lowest BCUT2D eigenvalue weighted by Gasteiger charge is -2.16. The average molecular weight is 482 g/mol. The standard InChI is InChI=1S/C23H28ClNO4S2/c24-14-6-2-5-9-23(26)25-15-18(22(30)16-25)17-31(27,28)21-12-10-20(11-13-21)29-19-7-3-1-4-8-19/h1,3-4,7-8,10-13,18,22,30H,2,5-6,9,14-17H2/t18-,22+/m1/s1. The summed E-state index contributed by atoms with van der Waals surface area (Å²) in [5.74, 6) is 1.71. The summed E-state index contributed by atoms with van der Waals surface area (Å²) in [4.78, 5) is 14.4.